The molecule has 0 atom stereocenters. The zero-order valence-corrected chi connectivity index (χ0v) is 32.5. The van der Waals surface area contributed by atoms with Gasteiger partial charge < -0.3 is 10.2 Å². The van der Waals surface area contributed by atoms with E-state index in [9.17, 15) is 19.8 Å². The highest BCUT2D eigenvalue weighted by atomic mass is 35.5. The lowest BCUT2D eigenvalue weighted by atomic mass is 9.91. The van der Waals surface area contributed by atoms with E-state index in [0.29, 0.717) is 32.5 Å². The number of carbonyl (C=O) groups excluding carboxylic acids is 2. The fourth-order valence-corrected chi connectivity index (χ4v) is 7.47. The second-order valence-corrected chi connectivity index (χ2v) is 14.3. The average Bonchev–Trinajstić information content (AvgIpc) is 3.23. The molecular formula is C46H32Cl2N6O4. The van der Waals surface area contributed by atoms with Crippen molar-refractivity contribution in [1.29, 1.82) is 0 Å². The minimum Gasteiger partial charge on any atom is -0.507 e. The molecule has 0 fully saturated rings. The van der Waals surface area contributed by atoms with Crippen LogP contribution in [0.15, 0.2) is 154 Å². The molecular weight excluding hydrogens is 771 g/mol. The van der Waals surface area contributed by atoms with Crippen LogP contribution in [-0.4, -0.2) is 22.0 Å². The maximum atomic E-state index is 12.9. The lowest BCUT2D eigenvalue weighted by molar-refractivity contribution is 0.0941. The molecule has 8 aromatic carbocycles. The molecule has 2 amide bonds. The van der Waals surface area contributed by atoms with E-state index in [2.05, 4.69) is 31.5 Å². The molecule has 0 saturated heterocycles. The third-order valence-corrected chi connectivity index (χ3v) is 11.0. The van der Waals surface area contributed by atoms with Crippen LogP contribution in [0.4, 0.5) is 11.4 Å². The van der Waals surface area contributed by atoms with Crippen molar-refractivity contribution >= 4 is 78.7 Å². The number of fused-ring (bicyclic) bond motifs is 3. The van der Waals surface area contributed by atoms with Gasteiger partial charge in [0.1, 0.15) is 11.5 Å². The second kappa shape index (κ2) is 15.8. The number of phenolic OH excluding ortho intramolecular Hbond substituents is 2. The number of phenols is 2. The molecule has 0 saturated carbocycles. The summed E-state index contributed by atoms with van der Waals surface area (Å²) in [5, 5.41) is 43.2. The number of benzene rings is 8. The SMILES string of the molecule is Cc1c(N=NNC(=O)c2cc3ccccc3cc2O)ccc(-c2cccc3c(-c4ccc(N=NNC(=O)c5cc6ccccc6cc5O)c(C)c4Cl)cccc23)c1Cl. The Kier molecular flexibility index (Phi) is 10.3. The summed E-state index contributed by atoms with van der Waals surface area (Å²) in [4.78, 5) is 25.7. The first-order valence-corrected chi connectivity index (χ1v) is 18.8. The molecule has 0 aromatic heterocycles. The van der Waals surface area contributed by atoms with Crippen molar-refractivity contribution in [1.82, 2.24) is 10.9 Å². The first-order chi connectivity index (χ1) is 28.1. The number of aromatic hydroxyl groups is 2. The van der Waals surface area contributed by atoms with Crippen LogP contribution in [0.25, 0.3) is 54.6 Å². The summed E-state index contributed by atoms with van der Waals surface area (Å²) in [6.45, 7) is 3.65. The Balaban J connectivity index is 1.02. The molecule has 0 spiro atoms. The summed E-state index contributed by atoms with van der Waals surface area (Å²) < 4.78 is 0. The number of amides is 2. The van der Waals surface area contributed by atoms with Crippen molar-refractivity contribution in [3.63, 3.8) is 0 Å². The van der Waals surface area contributed by atoms with Gasteiger partial charge >= 0.3 is 0 Å². The minimum absolute atomic E-state index is 0.0807. The Labute approximate surface area is 342 Å². The highest BCUT2D eigenvalue weighted by molar-refractivity contribution is 6.36. The lowest BCUT2D eigenvalue weighted by Gasteiger charge is -2.15. The number of nitrogens with zero attached hydrogens (tertiary/aromatic N) is 4. The first kappa shape index (κ1) is 37.8. The summed E-state index contributed by atoms with van der Waals surface area (Å²) in [6, 6.07) is 40.3. The summed E-state index contributed by atoms with van der Waals surface area (Å²) in [5.41, 5.74) is 10.5. The molecule has 4 N–H and O–H groups in total. The van der Waals surface area contributed by atoms with Crippen molar-refractivity contribution in [2.75, 3.05) is 0 Å². The van der Waals surface area contributed by atoms with Crippen LogP contribution in [0.2, 0.25) is 10.0 Å². The molecule has 0 heterocycles. The van der Waals surface area contributed by atoms with Crippen LogP contribution in [0, 0.1) is 13.8 Å². The Morgan fingerprint density at radius 1 is 0.483 bits per heavy atom. The number of carbonyl (C=O) groups is 2. The van der Waals surface area contributed by atoms with Crippen LogP contribution in [0.3, 0.4) is 0 Å². The number of halogens is 2. The number of rotatable bonds is 8. The zero-order chi connectivity index (χ0) is 40.5. The van der Waals surface area contributed by atoms with Gasteiger partial charge in [0.25, 0.3) is 11.8 Å². The lowest BCUT2D eigenvalue weighted by Crippen LogP contribution is -2.16. The third-order valence-electron chi connectivity index (χ3n) is 10.1. The Morgan fingerprint density at radius 2 is 0.862 bits per heavy atom. The fraction of sp³-hybridized carbons (Fsp3) is 0.0435. The maximum Gasteiger partial charge on any atom is 0.276 e. The molecule has 0 aliphatic rings. The van der Waals surface area contributed by atoms with Gasteiger partial charge in [-0.2, -0.15) is 0 Å². The molecule has 0 radical (unpaired) electrons. The summed E-state index contributed by atoms with van der Waals surface area (Å²) in [7, 11) is 0. The largest absolute Gasteiger partial charge is 0.507 e. The van der Waals surface area contributed by atoms with E-state index in [1.807, 2.05) is 111 Å². The highest BCUT2D eigenvalue weighted by Gasteiger charge is 2.18. The van der Waals surface area contributed by atoms with E-state index >= 15 is 0 Å². The van der Waals surface area contributed by atoms with E-state index in [4.69, 9.17) is 23.2 Å². The predicted octanol–water partition coefficient (Wildman–Crippen LogP) is 12.7. The molecule has 10 nitrogen and oxygen atoms in total. The standard InChI is InChI=1S/C46H32Cl2N6O4/c1-25-39(49-53-51-45(57)37-21-27-9-3-5-11-29(27)23-41(37)55)19-17-35(43(25)47)33-15-7-14-32-31(33)13-8-16-34(32)36-18-20-40(26(2)44(36)48)50-54-52-46(58)38-22-28-10-4-6-12-30(28)24-42(38)56/h3-24,55-56H,1-2H3,(H,49,51,57)(H,50,52,58). The second-order valence-electron chi connectivity index (χ2n) is 13.6. The van der Waals surface area contributed by atoms with Crippen LogP contribution < -0.4 is 10.9 Å². The molecule has 12 heteroatoms. The third kappa shape index (κ3) is 7.18. The zero-order valence-electron chi connectivity index (χ0n) is 31.0. The summed E-state index contributed by atoms with van der Waals surface area (Å²) >= 11 is 14.0. The van der Waals surface area contributed by atoms with E-state index in [0.717, 1.165) is 54.6 Å². The topological polar surface area (TPSA) is 148 Å². The average molecular weight is 804 g/mol. The van der Waals surface area contributed by atoms with Gasteiger partial charge in [0, 0.05) is 11.1 Å². The van der Waals surface area contributed by atoms with Gasteiger partial charge in [0.15, 0.2) is 0 Å². The van der Waals surface area contributed by atoms with Crippen molar-refractivity contribution < 1.29 is 19.8 Å². The van der Waals surface area contributed by atoms with Crippen molar-refractivity contribution in [3.8, 4) is 33.8 Å². The van der Waals surface area contributed by atoms with Crippen molar-refractivity contribution in [3.05, 3.63) is 166 Å². The first-order valence-electron chi connectivity index (χ1n) is 18.1. The van der Waals surface area contributed by atoms with E-state index in [-0.39, 0.29) is 22.6 Å². The molecule has 0 aliphatic carbocycles. The summed E-state index contributed by atoms with van der Waals surface area (Å²) in [6.07, 6.45) is 0. The van der Waals surface area contributed by atoms with Crippen LogP contribution >= 0.6 is 23.2 Å². The maximum absolute atomic E-state index is 12.9. The Hall–Kier alpha value is -7.14. The molecule has 58 heavy (non-hydrogen) atoms. The van der Waals surface area contributed by atoms with Crippen molar-refractivity contribution in [2.24, 2.45) is 20.7 Å². The van der Waals surface area contributed by atoms with Crippen LogP contribution in [-0.2, 0) is 0 Å². The van der Waals surface area contributed by atoms with Gasteiger partial charge in [-0.25, -0.2) is 10.9 Å². The van der Waals surface area contributed by atoms with Gasteiger partial charge in [-0.15, -0.1) is 10.2 Å². The smallest absolute Gasteiger partial charge is 0.276 e. The monoisotopic (exact) mass is 802 g/mol. The molecule has 0 unspecified atom stereocenters. The number of hydrogen-bond acceptors (Lipinski definition) is 8. The Bertz CT molecular complexity index is 2830. The molecule has 284 valence electrons. The Morgan fingerprint density at radius 3 is 1.26 bits per heavy atom. The predicted molar refractivity (Wildman–Crippen MR) is 230 cm³/mol. The summed E-state index contributed by atoms with van der Waals surface area (Å²) in [5.74, 6) is -1.52. The van der Waals surface area contributed by atoms with Gasteiger partial charge in [0.2, 0.25) is 0 Å². The van der Waals surface area contributed by atoms with Crippen molar-refractivity contribution in [2.45, 2.75) is 13.8 Å². The molecule has 8 rings (SSSR count). The van der Waals surface area contributed by atoms with Gasteiger partial charge in [-0.05, 0) is 105 Å². The fourth-order valence-electron chi connectivity index (χ4n) is 6.95. The van der Waals surface area contributed by atoms with Gasteiger partial charge in [-0.1, -0.05) is 131 Å². The van der Waals surface area contributed by atoms with E-state index < -0.39 is 11.8 Å². The van der Waals surface area contributed by atoms with E-state index in [1.165, 1.54) is 12.1 Å². The molecule has 0 bridgehead atoms. The molecule has 0 aliphatic heterocycles. The normalized spacial score (nSPS) is 11.6. The minimum atomic E-state index is -0.600. The van der Waals surface area contributed by atoms with Gasteiger partial charge in [-0.3, -0.25) is 9.59 Å². The van der Waals surface area contributed by atoms with Gasteiger partial charge in [0.05, 0.1) is 32.5 Å². The van der Waals surface area contributed by atoms with Crippen LogP contribution in [0.1, 0.15) is 31.8 Å². The molecule has 8 aromatic rings. The highest BCUT2D eigenvalue weighted by Crippen LogP contribution is 2.43. The number of nitrogens with one attached hydrogen (secondary N) is 2. The van der Waals surface area contributed by atoms with E-state index in [1.54, 1.807) is 24.3 Å². The van der Waals surface area contributed by atoms with Crippen LogP contribution in [0.5, 0.6) is 11.5 Å². The number of hydrogen-bond donors (Lipinski definition) is 4. The quantitative estimate of drug-likeness (QED) is 0.0894.